The summed E-state index contributed by atoms with van der Waals surface area (Å²) < 4.78 is 5.66. The Kier molecular flexibility index (Phi) is 6.16. The topological polar surface area (TPSA) is 61.9 Å². The van der Waals surface area contributed by atoms with Gasteiger partial charge in [-0.3, -0.25) is 9.59 Å². The Morgan fingerprint density at radius 2 is 1.81 bits per heavy atom. The first-order valence-electron chi connectivity index (χ1n) is 9.16. The monoisotopic (exact) mass is 379 g/mol. The van der Waals surface area contributed by atoms with Crippen LogP contribution in [0.5, 0.6) is 0 Å². The van der Waals surface area contributed by atoms with Crippen molar-refractivity contribution in [3.63, 3.8) is 0 Å². The fraction of sp³-hybridized carbons (Fsp3) is 0.579. The van der Waals surface area contributed by atoms with Gasteiger partial charge < -0.3 is 19.9 Å². The Balaban J connectivity index is 1.66. The molecule has 3 rings (SSSR count). The molecule has 0 aromatic heterocycles. The first kappa shape index (κ1) is 19.1. The minimum atomic E-state index is -0.725. The van der Waals surface area contributed by atoms with Gasteiger partial charge in [-0.1, -0.05) is 17.7 Å². The molecule has 2 saturated heterocycles. The number of hydrogen-bond donors (Lipinski definition) is 1. The highest BCUT2D eigenvalue weighted by atomic mass is 35.5. The Hall–Kier alpha value is -1.63. The summed E-state index contributed by atoms with van der Waals surface area (Å²) in [6.45, 7) is 3.91. The van der Waals surface area contributed by atoms with E-state index in [0.717, 1.165) is 19.5 Å². The lowest BCUT2D eigenvalue weighted by Gasteiger charge is -2.38. The van der Waals surface area contributed by atoms with Gasteiger partial charge in [0.05, 0.1) is 0 Å². The standard InChI is InChI=1S/C19H26ClN3O3/c1-26-19(6-8-21-9-7-19)18(25)23-11-3-10-22(12-13-23)17(24)15-4-2-5-16(20)14-15/h2,4-5,14,21H,3,6-13H2,1H3. The normalized spacial score (nSPS) is 20.5. The average Bonchev–Trinajstić information content (AvgIpc) is 2.93. The van der Waals surface area contributed by atoms with Crippen LogP contribution in [0.3, 0.4) is 0 Å². The predicted octanol–water partition coefficient (Wildman–Crippen LogP) is 1.78. The maximum absolute atomic E-state index is 13.1. The number of carbonyl (C=O) groups excluding carboxylic acids is 2. The third kappa shape index (κ3) is 4.03. The van der Waals surface area contributed by atoms with E-state index >= 15 is 0 Å². The molecule has 1 aromatic carbocycles. The van der Waals surface area contributed by atoms with E-state index in [-0.39, 0.29) is 11.8 Å². The van der Waals surface area contributed by atoms with Gasteiger partial charge in [0.2, 0.25) is 0 Å². The van der Waals surface area contributed by atoms with Gasteiger partial charge in [0.15, 0.2) is 0 Å². The van der Waals surface area contributed by atoms with Crippen molar-refractivity contribution in [1.82, 2.24) is 15.1 Å². The zero-order valence-electron chi connectivity index (χ0n) is 15.2. The number of hydrogen-bond acceptors (Lipinski definition) is 4. The number of methoxy groups -OCH3 is 1. The predicted molar refractivity (Wildman–Crippen MR) is 100 cm³/mol. The number of nitrogens with zero attached hydrogens (tertiary/aromatic N) is 2. The molecular weight excluding hydrogens is 354 g/mol. The summed E-state index contributed by atoms with van der Waals surface area (Å²) in [4.78, 5) is 29.5. The minimum absolute atomic E-state index is 0.0369. The zero-order valence-corrected chi connectivity index (χ0v) is 15.9. The van der Waals surface area contributed by atoms with Crippen LogP contribution in [-0.2, 0) is 9.53 Å². The van der Waals surface area contributed by atoms with Gasteiger partial charge in [0, 0.05) is 43.9 Å². The molecule has 0 aliphatic carbocycles. The summed E-state index contributed by atoms with van der Waals surface area (Å²) in [5, 5.41) is 3.83. The maximum Gasteiger partial charge on any atom is 0.254 e. The van der Waals surface area contributed by atoms with Crippen molar-refractivity contribution in [3.05, 3.63) is 34.9 Å². The lowest BCUT2D eigenvalue weighted by atomic mass is 9.90. The molecule has 0 unspecified atom stereocenters. The van der Waals surface area contributed by atoms with E-state index in [4.69, 9.17) is 16.3 Å². The third-order valence-electron chi connectivity index (χ3n) is 5.33. The van der Waals surface area contributed by atoms with Crippen LogP contribution in [-0.4, -0.2) is 73.6 Å². The van der Waals surface area contributed by atoms with Crippen molar-refractivity contribution in [1.29, 1.82) is 0 Å². The molecule has 0 spiro atoms. The van der Waals surface area contributed by atoms with Crippen LogP contribution in [0.2, 0.25) is 5.02 Å². The molecule has 6 nitrogen and oxygen atoms in total. The number of rotatable bonds is 3. The van der Waals surface area contributed by atoms with Gasteiger partial charge in [-0.2, -0.15) is 0 Å². The van der Waals surface area contributed by atoms with E-state index < -0.39 is 5.60 Å². The number of ether oxygens (including phenoxy) is 1. The molecule has 0 bridgehead atoms. The molecule has 142 valence electrons. The van der Waals surface area contributed by atoms with Crippen molar-refractivity contribution < 1.29 is 14.3 Å². The third-order valence-corrected chi connectivity index (χ3v) is 5.57. The van der Waals surface area contributed by atoms with E-state index in [2.05, 4.69) is 5.32 Å². The largest absolute Gasteiger partial charge is 0.368 e. The van der Waals surface area contributed by atoms with Crippen LogP contribution in [0.25, 0.3) is 0 Å². The Bertz CT molecular complexity index is 661. The lowest BCUT2D eigenvalue weighted by molar-refractivity contribution is -0.158. The van der Waals surface area contributed by atoms with Gasteiger partial charge in [0.25, 0.3) is 11.8 Å². The van der Waals surface area contributed by atoms with Crippen molar-refractivity contribution in [2.75, 3.05) is 46.4 Å². The molecule has 0 saturated carbocycles. The summed E-state index contributed by atoms with van der Waals surface area (Å²) in [5.41, 5.74) is -0.138. The van der Waals surface area contributed by atoms with Gasteiger partial charge >= 0.3 is 0 Å². The lowest BCUT2D eigenvalue weighted by Crippen LogP contribution is -2.56. The van der Waals surface area contributed by atoms with Gasteiger partial charge in [-0.15, -0.1) is 0 Å². The molecule has 2 aliphatic heterocycles. The molecule has 1 aromatic rings. The molecule has 7 heteroatoms. The highest BCUT2D eigenvalue weighted by Gasteiger charge is 2.42. The van der Waals surface area contributed by atoms with E-state index in [1.165, 1.54) is 0 Å². The molecule has 1 N–H and O–H groups in total. The number of amides is 2. The summed E-state index contributed by atoms with van der Waals surface area (Å²) in [5.74, 6) is 0.0173. The smallest absolute Gasteiger partial charge is 0.254 e. The number of piperidine rings is 1. The number of halogens is 1. The van der Waals surface area contributed by atoms with Crippen molar-refractivity contribution in [2.45, 2.75) is 24.9 Å². The fourth-order valence-electron chi connectivity index (χ4n) is 3.75. The Morgan fingerprint density at radius 3 is 2.50 bits per heavy atom. The van der Waals surface area contributed by atoms with E-state index in [9.17, 15) is 9.59 Å². The van der Waals surface area contributed by atoms with Gasteiger partial charge in [-0.05, 0) is 50.6 Å². The van der Waals surface area contributed by atoms with E-state index in [1.54, 1.807) is 36.3 Å². The van der Waals surface area contributed by atoms with Crippen LogP contribution in [0, 0.1) is 0 Å². The maximum atomic E-state index is 13.1. The second-order valence-electron chi connectivity index (χ2n) is 6.90. The summed E-state index contributed by atoms with van der Waals surface area (Å²) in [7, 11) is 1.62. The second-order valence-corrected chi connectivity index (χ2v) is 7.33. The number of carbonyl (C=O) groups is 2. The number of nitrogens with one attached hydrogen (secondary N) is 1. The summed E-state index contributed by atoms with van der Waals surface area (Å²) in [6, 6.07) is 7.00. The molecule has 2 amide bonds. The molecule has 26 heavy (non-hydrogen) atoms. The number of benzene rings is 1. The molecule has 2 aliphatic rings. The highest BCUT2D eigenvalue weighted by molar-refractivity contribution is 6.30. The van der Waals surface area contributed by atoms with E-state index in [1.807, 2.05) is 4.90 Å². The first-order valence-corrected chi connectivity index (χ1v) is 9.54. The van der Waals surface area contributed by atoms with Crippen LogP contribution in [0.4, 0.5) is 0 Å². The van der Waals surface area contributed by atoms with Gasteiger partial charge in [0.1, 0.15) is 5.60 Å². The van der Waals surface area contributed by atoms with Crippen molar-refractivity contribution in [2.24, 2.45) is 0 Å². The Labute approximate surface area is 159 Å². The summed E-state index contributed by atoms with van der Waals surface area (Å²) >= 11 is 6.00. The van der Waals surface area contributed by atoms with Crippen LogP contribution < -0.4 is 5.32 Å². The first-order chi connectivity index (χ1) is 12.6. The molecule has 0 atom stereocenters. The Morgan fingerprint density at radius 1 is 1.12 bits per heavy atom. The van der Waals surface area contributed by atoms with Crippen molar-refractivity contribution >= 4 is 23.4 Å². The molecule has 0 radical (unpaired) electrons. The van der Waals surface area contributed by atoms with Gasteiger partial charge in [-0.25, -0.2) is 0 Å². The highest BCUT2D eigenvalue weighted by Crippen LogP contribution is 2.26. The van der Waals surface area contributed by atoms with Crippen molar-refractivity contribution in [3.8, 4) is 0 Å². The average molecular weight is 380 g/mol. The molecule has 2 fully saturated rings. The quantitative estimate of drug-likeness (QED) is 0.869. The van der Waals surface area contributed by atoms with E-state index in [0.29, 0.717) is 49.6 Å². The SMILES string of the molecule is COC1(C(=O)N2CCCN(C(=O)c3cccc(Cl)c3)CC2)CCNCC1. The molecule has 2 heterocycles. The van der Waals surface area contributed by atoms with Crippen LogP contribution in [0.1, 0.15) is 29.6 Å². The molecular formula is C19H26ClN3O3. The summed E-state index contributed by atoms with van der Waals surface area (Å²) in [6.07, 6.45) is 2.13. The fourth-order valence-corrected chi connectivity index (χ4v) is 3.94. The zero-order chi connectivity index (χ0) is 18.6. The van der Waals surface area contributed by atoms with Crippen LogP contribution >= 0.6 is 11.6 Å². The van der Waals surface area contributed by atoms with Crippen LogP contribution in [0.15, 0.2) is 24.3 Å². The minimum Gasteiger partial charge on any atom is -0.368 e. The second kappa shape index (κ2) is 8.37.